The summed E-state index contributed by atoms with van der Waals surface area (Å²) in [6.45, 7) is 3.27. The minimum atomic E-state index is -0.999. The van der Waals surface area contributed by atoms with Gasteiger partial charge in [-0.3, -0.25) is 0 Å². The number of hydrogen-bond donors (Lipinski definition) is 4. The summed E-state index contributed by atoms with van der Waals surface area (Å²) in [5.74, 6) is 0.131. The van der Waals surface area contributed by atoms with Crippen molar-refractivity contribution in [1.82, 2.24) is 5.32 Å². The maximum atomic E-state index is 10.7. The summed E-state index contributed by atoms with van der Waals surface area (Å²) in [5.41, 5.74) is 0.935. The van der Waals surface area contributed by atoms with Crippen LogP contribution in [0.3, 0.4) is 0 Å². The second kappa shape index (κ2) is 13.8. The fourth-order valence-corrected chi connectivity index (χ4v) is 2.12. The summed E-state index contributed by atoms with van der Waals surface area (Å²) >= 11 is 6.00. The Hall–Kier alpha value is -2.32. The quantitative estimate of drug-likeness (QED) is 0.444. The third-order valence-corrected chi connectivity index (χ3v) is 3.70. The van der Waals surface area contributed by atoms with E-state index in [1.54, 1.807) is 24.3 Å². The van der Waals surface area contributed by atoms with Crippen molar-refractivity contribution in [3.63, 3.8) is 0 Å². The van der Waals surface area contributed by atoms with Gasteiger partial charge in [-0.1, -0.05) is 35.9 Å². The molecule has 7 nitrogen and oxygen atoms in total. The minimum Gasteiger partial charge on any atom is -0.487 e. The third-order valence-electron chi connectivity index (χ3n) is 3.39. The van der Waals surface area contributed by atoms with E-state index in [4.69, 9.17) is 36.4 Å². The molecule has 2 rings (SSSR count). The van der Waals surface area contributed by atoms with Crippen LogP contribution < -0.4 is 14.8 Å². The van der Waals surface area contributed by atoms with Crippen molar-refractivity contribution < 1.29 is 29.6 Å². The Morgan fingerprint density at radius 3 is 2.21 bits per heavy atom. The molecule has 2 aromatic rings. The van der Waals surface area contributed by atoms with E-state index in [9.17, 15) is 4.79 Å². The molecule has 8 heteroatoms. The van der Waals surface area contributed by atoms with Crippen LogP contribution in [-0.4, -0.2) is 53.7 Å². The van der Waals surface area contributed by atoms with Crippen LogP contribution in [0.4, 0.5) is 0 Å². The number of aliphatic hydroxyl groups excluding tert-OH is 2. The van der Waals surface area contributed by atoms with Crippen LogP contribution in [0.15, 0.2) is 48.5 Å². The maximum Gasteiger partial charge on any atom is 0.344 e. The van der Waals surface area contributed by atoms with Crippen LogP contribution in [0.25, 0.3) is 0 Å². The van der Waals surface area contributed by atoms with Gasteiger partial charge in [-0.05, 0) is 36.8 Å². The number of carboxylic acids is 1. The van der Waals surface area contributed by atoms with E-state index in [1.807, 2.05) is 24.3 Å². The second-order valence-corrected chi connectivity index (χ2v) is 6.07. The van der Waals surface area contributed by atoms with Crippen molar-refractivity contribution in [3.8, 4) is 11.5 Å². The highest BCUT2D eigenvalue weighted by Crippen LogP contribution is 2.24. The fraction of sp³-hybridized carbons (Fsp3) is 0.350. The van der Waals surface area contributed by atoms with E-state index < -0.39 is 12.1 Å². The Kier molecular flexibility index (Phi) is 11.7. The predicted octanol–water partition coefficient (Wildman–Crippen LogP) is 2.33. The Labute approximate surface area is 169 Å². The molecule has 154 valence electrons. The number of nitrogens with one attached hydrogen (secondary N) is 1. The standard InChI is InChI=1S/C16H15ClO4.C4H11NO2/c1-11(16(18)19)21-13-8-6-12(7-9-13)10-20-15-5-3-2-4-14(15)17;6-3-1-5-2-4-7/h2-9,11H,10H2,1H3,(H,18,19);5-7H,1-4H2. The molecule has 0 heterocycles. The van der Waals surface area contributed by atoms with Crippen molar-refractivity contribution in [3.05, 3.63) is 59.1 Å². The van der Waals surface area contributed by atoms with Gasteiger partial charge in [0.05, 0.1) is 18.2 Å². The first-order valence-corrected chi connectivity index (χ1v) is 9.14. The summed E-state index contributed by atoms with van der Waals surface area (Å²) in [4.78, 5) is 10.7. The molecule has 0 amide bonds. The first-order chi connectivity index (χ1) is 13.5. The van der Waals surface area contributed by atoms with E-state index in [0.29, 0.717) is 36.2 Å². The van der Waals surface area contributed by atoms with E-state index in [0.717, 1.165) is 5.56 Å². The Morgan fingerprint density at radius 1 is 1.07 bits per heavy atom. The Balaban J connectivity index is 0.000000480. The zero-order valence-corrected chi connectivity index (χ0v) is 16.4. The molecule has 1 unspecified atom stereocenters. The SMILES string of the molecule is CC(Oc1ccc(COc2ccccc2Cl)cc1)C(=O)O.OCCNCCO. The molecule has 28 heavy (non-hydrogen) atoms. The minimum absolute atomic E-state index is 0.139. The monoisotopic (exact) mass is 411 g/mol. The van der Waals surface area contributed by atoms with Gasteiger partial charge in [-0.2, -0.15) is 0 Å². The van der Waals surface area contributed by atoms with Gasteiger partial charge in [0.15, 0.2) is 6.10 Å². The third kappa shape index (κ3) is 9.57. The van der Waals surface area contributed by atoms with E-state index in [2.05, 4.69) is 5.32 Å². The van der Waals surface area contributed by atoms with Crippen molar-refractivity contribution in [2.75, 3.05) is 26.3 Å². The molecule has 4 N–H and O–H groups in total. The summed E-state index contributed by atoms with van der Waals surface area (Å²) in [7, 11) is 0. The van der Waals surface area contributed by atoms with E-state index >= 15 is 0 Å². The van der Waals surface area contributed by atoms with Gasteiger partial charge in [-0.15, -0.1) is 0 Å². The number of aliphatic carboxylic acids is 1. The zero-order chi connectivity index (χ0) is 20.8. The lowest BCUT2D eigenvalue weighted by molar-refractivity contribution is -0.144. The van der Waals surface area contributed by atoms with Crippen LogP contribution >= 0.6 is 11.6 Å². The Bertz CT molecular complexity index is 691. The van der Waals surface area contributed by atoms with Crippen LogP contribution in [0.5, 0.6) is 11.5 Å². The molecule has 0 aromatic heterocycles. The van der Waals surface area contributed by atoms with Gasteiger partial charge < -0.3 is 30.1 Å². The Morgan fingerprint density at radius 2 is 1.68 bits per heavy atom. The largest absolute Gasteiger partial charge is 0.487 e. The summed E-state index contributed by atoms with van der Waals surface area (Å²) in [5, 5.41) is 28.4. The number of aliphatic hydroxyl groups is 2. The molecule has 0 radical (unpaired) electrons. The molecule has 1 atom stereocenters. The first kappa shape index (κ1) is 23.7. The predicted molar refractivity (Wildman–Crippen MR) is 107 cm³/mol. The van der Waals surface area contributed by atoms with Crippen LogP contribution in [0, 0.1) is 0 Å². The average molecular weight is 412 g/mol. The molecular weight excluding hydrogens is 386 g/mol. The molecule has 0 spiro atoms. The molecule has 0 bridgehead atoms. The summed E-state index contributed by atoms with van der Waals surface area (Å²) in [6, 6.07) is 14.3. The molecule has 0 fully saturated rings. The normalized spacial score (nSPS) is 11.1. The smallest absolute Gasteiger partial charge is 0.344 e. The van der Waals surface area contributed by atoms with Crippen molar-refractivity contribution in [2.45, 2.75) is 19.6 Å². The lowest BCUT2D eigenvalue weighted by atomic mass is 10.2. The number of para-hydroxylation sites is 1. The number of benzene rings is 2. The molecular formula is C20H26ClNO6. The van der Waals surface area contributed by atoms with Gasteiger partial charge in [-0.25, -0.2) is 4.79 Å². The van der Waals surface area contributed by atoms with Crippen molar-refractivity contribution >= 4 is 17.6 Å². The van der Waals surface area contributed by atoms with Gasteiger partial charge in [0, 0.05) is 13.1 Å². The molecule has 0 aliphatic heterocycles. The highest BCUT2D eigenvalue weighted by Gasteiger charge is 2.12. The van der Waals surface area contributed by atoms with Crippen molar-refractivity contribution in [2.24, 2.45) is 0 Å². The lowest BCUT2D eigenvalue weighted by Gasteiger charge is -2.11. The number of carbonyl (C=O) groups is 1. The summed E-state index contributed by atoms with van der Waals surface area (Å²) < 4.78 is 10.9. The summed E-state index contributed by atoms with van der Waals surface area (Å²) in [6.07, 6.45) is -0.879. The molecule has 0 aliphatic carbocycles. The van der Waals surface area contributed by atoms with Crippen molar-refractivity contribution in [1.29, 1.82) is 0 Å². The number of hydrogen-bond acceptors (Lipinski definition) is 6. The molecule has 0 aliphatic rings. The lowest BCUT2D eigenvalue weighted by Crippen LogP contribution is -2.22. The van der Waals surface area contributed by atoms with Crippen LogP contribution in [0.1, 0.15) is 12.5 Å². The number of carboxylic acid groups (broad SMARTS) is 1. The number of rotatable bonds is 10. The van der Waals surface area contributed by atoms with Crippen LogP contribution in [0.2, 0.25) is 5.02 Å². The average Bonchev–Trinajstić information content (AvgIpc) is 2.69. The second-order valence-electron chi connectivity index (χ2n) is 5.66. The zero-order valence-electron chi connectivity index (χ0n) is 15.7. The van der Waals surface area contributed by atoms with Gasteiger partial charge in [0.1, 0.15) is 18.1 Å². The topological polar surface area (TPSA) is 108 Å². The van der Waals surface area contributed by atoms with Gasteiger partial charge in [0.2, 0.25) is 0 Å². The molecule has 2 aromatic carbocycles. The fourth-order valence-electron chi connectivity index (χ4n) is 1.92. The first-order valence-electron chi connectivity index (χ1n) is 8.76. The number of ether oxygens (including phenoxy) is 2. The van der Waals surface area contributed by atoms with E-state index in [1.165, 1.54) is 6.92 Å². The van der Waals surface area contributed by atoms with E-state index in [-0.39, 0.29) is 13.2 Å². The molecule has 0 saturated carbocycles. The highest BCUT2D eigenvalue weighted by atomic mass is 35.5. The van der Waals surface area contributed by atoms with Gasteiger partial charge >= 0.3 is 5.97 Å². The number of halogens is 1. The maximum absolute atomic E-state index is 10.7. The van der Waals surface area contributed by atoms with Crippen LogP contribution in [-0.2, 0) is 11.4 Å². The highest BCUT2D eigenvalue weighted by molar-refractivity contribution is 6.32. The van der Waals surface area contributed by atoms with Gasteiger partial charge in [0.25, 0.3) is 0 Å². The molecule has 0 saturated heterocycles.